The van der Waals surface area contributed by atoms with Gasteiger partial charge in [0.15, 0.2) is 0 Å². The van der Waals surface area contributed by atoms with Gasteiger partial charge >= 0.3 is 0 Å². The van der Waals surface area contributed by atoms with Gasteiger partial charge in [-0.15, -0.1) is 0 Å². The number of halogens is 2. The number of sulfonamides is 1. The standard InChI is InChI=1S/C14H14BrFN2O2S/c1-8-3-4-11(15)12(5-8)18-21(19,20)13-7-10(17)6-9(2)14(13)16/h3-7,18H,17H2,1-2H3. The molecule has 0 amide bonds. The highest BCUT2D eigenvalue weighted by atomic mass is 79.9. The lowest BCUT2D eigenvalue weighted by molar-refractivity contribution is 0.565. The molecule has 0 fully saturated rings. The summed E-state index contributed by atoms with van der Waals surface area (Å²) in [7, 11) is -4.06. The van der Waals surface area contributed by atoms with Crippen LogP contribution in [0, 0.1) is 19.7 Å². The zero-order valence-electron chi connectivity index (χ0n) is 11.4. The molecule has 2 aromatic carbocycles. The van der Waals surface area contributed by atoms with Crippen LogP contribution in [0.1, 0.15) is 11.1 Å². The summed E-state index contributed by atoms with van der Waals surface area (Å²) in [6, 6.07) is 7.69. The zero-order valence-corrected chi connectivity index (χ0v) is 13.8. The van der Waals surface area contributed by atoms with Gasteiger partial charge in [-0.25, -0.2) is 12.8 Å². The summed E-state index contributed by atoms with van der Waals surface area (Å²) in [4.78, 5) is -0.464. The van der Waals surface area contributed by atoms with Gasteiger partial charge in [-0.1, -0.05) is 6.07 Å². The molecule has 0 unspecified atom stereocenters. The van der Waals surface area contributed by atoms with Gasteiger partial charge in [0.1, 0.15) is 10.7 Å². The Hall–Kier alpha value is -1.60. The Morgan fingerprint density at radius 1 is 1.19 bits per heavy atom. The van der Waals surface area contributed by atoms with Crippen molar-refractivity contribution in [3.63, 3.8) is 0 Å². The van der Waals surface area contributed by atoms with Crippen molar-refractivity contribution in [2.24, 2.45) is 0 Å². The van der Waals surface area contributed by atoms with E-state index in [1.165, 1.54) is 13.0 Å². The summed E-state index contributed by atoms with van der Waals surface area (Å²) in [6.45, 7) is 3.29. The van der Waals surface area contributed by atoms with Gasteiger partial charge in [0.25, 0.3) is 10.0 Å². The molecule has 0 spiro atoms. The van der Waals surface area contributed by atoms with E-state index in [4.69, 9.17) is 5.73 Å². The quantitative estimate of drug-likeness (QED) is 0.808. The number of benzene rings is 2. The number of nitrogen functional groups attached to an aromatic ring is 1. The van der Waals surface area contributed by atoms with Crippen LogP contribution in [0.15, 0.2) is 39.7 Å². The molecule has 0 atom stereocenters. The summed E-state index contributed by atoms with van der Waals surface area (Å²) in [6.07, 6.45) is 0. The molecular weight excluding hydrogens is 359 g/mol. The second-order valence-electron chi connectivity index (χ2n) is 4.74. The number of aryl methyl sites for hydroxylation is 2. The summed E-state index contributed by atoms with van der Waals surface area (Å²) in [5, 5.41) is 0. The van der Waals surface area contributed by atoms with Crippen LogP contribution in [0.25, 0.3) is 0 Å². The van der Waals surface area contributed by atoms with Crippen molar-refractivity contribution in [3.05, 3.63) is 51.7 Å². The van der Waals surface area contributed by atoms with Gasteiger partial charge in [0.05, 0.1) is 5.69 Å². The number of anilines is 2. The largest absolute Gasteiger partial charge is 0.399 e. The van der Waals surface area contributed by atoms with Gasteiger partial charge in [-0.3, -0.25) is 4.72 Å². The molecule has 112 valence electrons. The fourth-order valence-corrected chi connectivity index (χ4v) is 3.61. The summed E-state index contributed by atoms with van der Waals surface area (Å²) in [5.74, 6) is -0.805. The molecule has 0 saturated carbocycles. The number of hydrogen-bond donors (Lipinski definition) is 2. The maximum atomic E-state index is 14.1. The summed E-state index contributed by atoms with van der Waals surface area (Å²) < 4.78 is 41.7. The second kappa shape index (κ2) is 5.65. The molecule has 7 heteroatoms. The minimum absolute atomic E-state index is 0.179. The van der Waals surface area contributed by atoms with Crippen LogP contribution in [0.5, 0.6) is 0 Å². The lowest BCUT2D eigenvalue weighted by Gasteiger charge is -2.12. The van der Waals surface area contributed by atoms with Crippen LogP contribution in [0.4, 0.5) is 15.8 Å². The SMILES string of the molecule is Cc1ccc(Br)c(NS(=O)(=O)c2cc(N)cc(C)c2F)c1. The third kappa shape index (κ3) is 3.36. The first-order valence-corrected chi connectivity index (χ1v) is 8.33. The Balaban J connectivity index is 2.51. The first kappa shape index (κ1) is 15.8. The minimum atomic E-state index is -4.06. The fraction of sp³-hybridized carbons (Fsp3) is 0.143. The van der Waals surface area contributed by atoms with Crippen LogP contribution in [-0.4, -0.2) is 8.42 Å². The maximum Gasteiger partial charge on any atom is 0.264 e. The molecule has 0 saturated heterocycles. The average molecular weight is 373 g/mol. The van der Waals surface area contributed by atoms with E-state index in [-0.39, 0.29) is 11.3 Å². The Morgan fingerprint density at radius 3 is 2.52 bits per heavy atom. The highest BCUT2D eigenvalue weighted by Crippen LogP contribution is 2.28. The zero-order chi connectivity index (χ0) is 15.8. The van der Waals surface area contributed by atoms with Crippen LogP contribution >= 0.6 is 15.9 Å². The van der Waals surface area contributed by atoms with Gasteiger partial charge in [-0.2, -0.15) is 0 Å². The van der Waals surface area contributed by atoms with E-state index in [9.17, 15) is 12.8 Å². The van der Waals surface area contributed by atoms with E-state index < -0.39 is 20.7 Å². The number of nitrogens with two attached hydrogens (primary N) is 1. The Bertz CT molecular complexity index is 807. The van der Waals surface area contributed by atoms with Crippen molar-refractivity contribution >= 4 is 37.3 Å². The molecule has 0 aromatic heterocycles. The molecular formula is C14H14BrFN2O2S. The van der Waals surface area contributed by atoms with Gasteiger partial charge in [0.2, 0.25) is 0 Å². The third-order valence-corrected chi connectivity index (χ3v) is 4.96. The fourth-order valence-electron chi connectivity index (χ4n) is 1.88. The highest BCUT2D eigenvalue weighted by molar-refractivity contribution is 9.10. The normalized spacial score (nSPS) is 11.4. The lowest BCUT2D eigenvalue weighted by Crippen LogP contribution is -2.16. The van der Waals surface area contributed by atoms with E-state index in [0.29, 0.717) is 10.2 Å². The Kier molecular flexibility index (Phi) is 4.25. The van der Waals surface area contributed by atoms with Gasteiger partial charge < -0.3 is 5.73 Å². The molecule has 0 aliphatic heterocycles. The molecule has 0 aliphatic carbocycles. The average Bonchev–Trinajstić information content (AvgIpc) is 2.37. The van der Waals surface area contributed by atoms with Crippen molar-refractivity contribution in [1.29, 1.82) is 0 Å². The molecule has 0 bridgehead atoms. The predicted molar refractivity (Wildman–Crippen MR) is 85.2 cm³/mol. The Labute approximate surface area is 131 Å². The van der Waals surface area contributed by atoms with E-state index in [1.807, 2.05) is 13.0 Å². The third-order valence-electron chi connectivity index (χ3n) is 2.90. The van der Waals surface area contributed by atoms with E-state index in [2.05, 4.69) is 20.7 Å². The summed E-state index contributed by atoms with van der Waals surface area (Å²) in [5.41, 5.74) is 7.19. The number of nitrogens with one attached hydrogen (secondary N) is 1. The van der Waals surface area contributed by atoms with Crippen LogP contribution < -0.4 is 10.5 Å². The van der Waals surface area contributed by atoms with Crippen LogP contribution in [0.2, 0.25) is 0 Å². The van der Waals surface area contributed by atoms with Crippen molar-refractivity contribution in [2.75, 3.05) is 10.5 Å². The molecule has 4 nitrogen and oxygen atoms in total. The van der Waals surface area contributed by atoms with Crippen molar-refractivity contribution in [2.45, 2.75) is 18.7 Å². The number of rotatable bonds is 3. The topological polar surface area (TPSA) is 72.2 Å². The molecule has 2 rings (SSSR count). The van der Waals surface area contributed by atoms with E-state index in [0.717, 1.165) is 11.6 Å². The molecule has 0 aliphatic rings. The van der Waals surface area contributed by atoms with Crippen LogP contribution in [0.3, 0.4) is 0 Å². The lowest BCUT2D eigenvalue weighted by atomic mass is 10.2. The molecule has 21 heavy (non-hydrogen) atoms. The van der Waals surface area contributed by atoms with Gasteiger partial charge in [-0.05, 0) is 65.2 Å². The number of hydrogen-bond acceptors (Lipinski definition) is 3. The van der Waals surface area contributed by atoms with Crippen molar-refractivity contribution < 1.29 is 12.8 Å². The summed E-state index contributed by atoms with van der Waals surface area (Å²) >= 11 is 3.26. The van der Waals surface area contributed by atoms with Crippen LogP contribution in [-0.2, 0) is 10.0 Å². The molecule has 0 heterocycles. The molecule has 0 radical (unpaired) electrons. The van der Waals surface area contributed by atoms with E-state index >= 15 is 0 Å². The van der Waals surface area contributed by atoms with Gasteiger partial charge in [0, 0.05) is 10.2 Å². The predicted octanol–water partition coefficient (Wildman–Crippen LogP) is 3.59. The van der Waals surface area contributed by atoms with E-state index in [1.54, 1.807) is 12.1 Å². The minimum Gasteiger partial charge on any atom is -0.399 e. The highest BCUT2D eigenvalue weighted by Gasteiger charge is 2.22. The molecule has 2 aromatic rings. The van der Waals surface area contributed by atoms with Crippen molar-refractivity contribution in [3.8, 4) is 0 Å². The molecule has 3 N–H and O–H groups in total. The smallest absolute Gasteiger partial charge is 0.264 e. The van der Waals surface area contributed by atoms with Crippen molar-refractivity contribution in [1.82, 2.24) is 0 Å². The first-order chi connectivity index (χ1) is 9.70. The maximum absolute atomic E-state index is 14.1. The first-order valence-electron chi connectivity index (χ1n) is 6.05. The monoisotopic (exact) mass is 372 g/mol. The second-order valence-corrected chi connectivity index (χ2v) is 7.24. The Morgan fingerprint density at radius 2 is 1.86 bits per heavy atom.